The van der Waals surface area contributed by atoms with Crippen LogP contribution in [0.1, 0.15) is 10.5 Å². The molecule has 1 amide bonds. The van der Waals surface area contributed by atoms with Gasteiger partial charge in [-0.15, -0.1) is 0 Å². The standard InChI is InChI=1S/C24H20N6O3S/c1-29(18-7-9-19(10-8-18)34(2,32)33)24(31)21-15-30-22(13-26-23(30)14-25-21)17-5-3-16(4-6-17)20-11-12-27-28-20/h3-15H,1-2H3,(H,27,28). The van der Waals surface area contributed by atoms with Crippen molar-refractivity contribution in [1.82, 2.24) is 24.6 Å². The Balaban J connectivity index is 1.45. The molecule has 5 aromatic rings. The van der Waals surface area contributed by atoms with Crippen LogP contribution >= 0.6 is 0 Å². The highest BCUT2D eigenvalue weighted by Gasteiger charge is 2.18. The molecule has 0 bridgehead atoms. The fraction of sp³-hybridized carbons (Fsp3) is 0.0833. The largest absolute Gasteiger partial charge is 0.310 e. The Bertz CT molecular complexity index is 1590. The zero-order chi connectivity index (χ0) is 23.9. The minimum Gasteiger partial charge on any atom is -0.310 e. The molecule has 0 aliphatic rings. The molecule has 10 heteroatoms. The molecule has 0 atom stereocenters. The Morgan fingerprint density at radius 2 is 1.65 bits per heavy atom. The summed E-state index contributed by atoms with van der Waals surface area (Å²) in [5, 5.41) is 6.92. The van der Waals surface area contributed by atoms with Crippen molar-refractivity contribution in [2.45, 2.75) is 4.90 Å². The summed E-state index contributed by atoms with van der Waals surface area (Å²) in [5.41, 5.74) is 5.10. The van der Waals surface area contributed by atoms with Crippen molar-refractivity contribution < 1.29 is 13.2 Å². The number of amides is 1. The number of aromatic nitrogens is 5. The van der Waals surface area contributed by atoms with Gasteiger partial charge < -0.3 is 4.90 Å². The maximum absolute atomic E-state index is 13.1. The maximum Gasteiger partial charge on any atom is 0.278 e. The van der Waals surface area contributed by atoms with E-state index >= 15 is 0 Å². The van der Waals surface area contributed by atoms with Crippen molar-refractivity contribution in [3.8, 4) is 22.5 Å². The summed E-state index contributed by atoms with van der Waals surface area (Å²) in [6, 6.07) is 16.0. The van der Waals surface area contributed by atoms with Crippen molar-refractivity contribution in [3.05, 3.63) is 85.1 Å². The van der Waals surface area contributed by atoms with Crippen LogP contribution in [0, 0.1) is 0 Å². The van der Waals surface area contributed by atoms with Crippen LogP contribution in [0.25, 0.3) is 28.2 Å². The molecule has 0 unspecified atom stereocenters. The molecule has 0 spiro atoms. The fourth-order valence-electron chi connectivity index (χ4n) is 3.66. The fourth-order valence-corrected chi connectivity index (χ4v) is 4.29. The van der Waals surface area contributed by atoms with Gasteiger partial charge in [-0.05, 0) is 35.9 Å². The third-order valence-corrected chi connectivity index (χ3v) is 6.69. The lowest BCUT2D eigenvalue weighted by Crippen LogP contribution is -2.27. The highest BCUT2D eigenvalue weighted by atomic mass is 32.2. The number of fused-ring (bicyclic) bond motifs is 1. The van der Waals surface area contributed by atoms with Crippen molar-refractivity contribution in [2.75, 3.05) is 18.2 Å². The van der Waals surface area contributed by atoms with E-state index in [0.717, 1.165) is 28.8 Å². The number of nitrogens with one attached hydrogen (secondary N) is 1. The predicted octanol–water partition coefficient (Wildman–Crippen LogP) is 3.47. The minimum absolute atomic E-state index is 0.193. The zero-order valence-electron chi connectivity index (χ0n) is 18.4. The van der Waals surface area contributed by atoms with E-state index in [9.17, 15) is 13.2 Å². The van der Waals surface area contributed by atoms with E-state index in [1.807, 2.05) is 34.7 Å². The van der Waals surface area contributed by atoms with Crippen LogP contribution in [0.2, 0.25) is 0 Å². The van der Waals surface area contributed by atoms with Gasteiger partial charge in [-0.25, -0.2) is 18.4 Å². The van der Waals surface area contributed by atoms with Gasteiger partial charge in [-0.3, -0.25) is 14.3 Å². The van der Waals surface area contributed by atoms with E-state index < -0.39 is 9.84 Å². The van der Waals surface area contributed by atoms with E-state index in [-0.39, 0.29) is 16.5 Å². The zero-order valence-corrected chi connectivity index (χ0v) is 19.2. The molecule has 5 rings (SSSR count). The summed E-state index contributed by atoms with van der Waals surface area (Å²) in [7, 11) is -1.70. The molecule has 34 heavy (non-hydrogen) atoms. The van der Waals surface area contributed by atoms with Crippen molar-refractivity contribution >= 4 is 27.1 Å². The van der Waals surface area contributed by atoms with Crippen LogP contribution in [0.5, 0.6) is 0 Å². The molecular weight excluding hydrogens is 452 g/mol. The molecule has 170 valence electrons. The Hall–Kier alpha value is -4.31. The smallest absolute Gasteiger partial charge is 0.278 e. The Kier molecular flexibility index (Phi) is 5.21. The van der Waals surface area contributed by atoms with E-state index in [0.29, 0.717) is 11.3 Å². The van der Waals surface area contributed by atoms with Gasteiger partial charge >= 0.3 is 0 Å². The molecule has 0 aliphatic carbocycles. The first-order valence-electron chi connectivity index (χ1n) is 10.3. The lowest BCUT2D eigenvalue weighted by molar-refractivity contribution is 0.0988. The molecule has 1 N–H and O–H groups in total. The van der Waals surface area contributed by atoms with Gasteiger partial charge in [0, 0.05) is 36.9 Å². The summed E-state index contributed by atoms with van der Waals surface area (Å²) in [5.74, 6) is -0.330. The number of carbonyl (C=O) groups excluding carboxylic acids is 1. The average Bonchev–Trinajstić information content (AvgIpc) is 3.53. The number of anilines is 1. The van der Waals surface area contributed by atoms with Crippen LogP contribution < -0.4 is 4.90 Å². The van der Waals surface area contributed by atoms with E-state index in [1.54, 1.807) is 44.0 Å². The number of hydrogen-bond donors (Lipinski definition) is 1. The number of rotatable bonds is 5. The summed E-state index contributed by atoms with van der Waals surface area (Å²) in [6.07, 6.45) is 7.80. The van der Waals surface area contributed by atoms with Gasteiger partial charge in [-0.2, -0.15) is 5.10 Å². The minimum atomic E-state index is -3.31. The number of hydrogen-bond acceptors (Lipinski definition) is 6. The van der Waals surface area contributed by atoms with Crippen LogP contribution in [0.3, 0.4) is 0 Å². The number of aromatic amines is 1. The van der Waals surface area contributed by atoms with Gasteiger partial charge in [0.2, 0.25) is 0 Å². The number of H-pyrrole nitrogens is 1. The first-order chi connectivity index (χ1) is 16.3. The SMILES string of the molecule is CN(C(=O)c1cn2c(-c3ccc(-c4ccn[nH]4)cc3)cnc2cn1)c1ccc(S(C)(=O)=O)cc1. The molecule has 0 aliphatic heterocycles. The van der Waals surface area contributed by atoms with Crippen molar-refractivity contribution in [3.63, 3.8) is 0 Å². The lowest BCUT2D eigenvalue weighted by Gasteiger charge is -2.17. The molecule has 0 fully saturated rings. The first kappa shape index (κ1) is 21.5. The second kappa shape index (κ2) is 8.23. The second-order valence-electron chi connectivity index (χ2n) is 7.82. The Morgan fingerprint density at radius 1 is 0.941 bits per heavy atom. The van der Waals surface area contributed by atoms with Gasteiger partial charge in [0.25, 0.3) is 5.91 Å². The number of carbonyl (C=O) groups is 1. The maximum atomic E-state index is 13.1. The van der Waals surface area contributed by atoms with Gasteiger partial charge in [0.05, 0.1) is 28.7 Å². The molecular formula is C24H20N6O3S. The summed E-state index contributed by atoms with van der Waals surface area (Å²) >= 11 is 0. The first-order valence-corrected chi connectivity index (χ1v) is 12.2. The lowest BCUT2D eigenvalue weighted by atomic mass is 10.1. The molecule has 0 saturated heterocycles. The van der Waals surface area contributed by atoms with Crippen LogP contribution in [-0.4, -0.2) is 52.2 Å². The van der Waals surface area contributed by atoms with Gasteiger partial charge in [0.15, 0.2) is 15.5 Å². The summed E-state index contributed by atoms with van der Waals surface area (Å²) in [6.45, 7) is 0. The average molecular weight is 473 g/mol. The van der Waals surface area contributed by atoms with Crippen molar-refractivity contribution in [2.24, 2.45) is 0 Å². The quantitative estimate of drug-likeness (QED) is 0.419. The highest BCUT2D eigenvalue weighted by Crippen LogP contribution is 2.25. The molecule has 9 nitrogen and oxygen atoms in total. The van der Waals surface area contributed by atoms with Gasteiger partial charge in [0.1, 0.15) is 5.69 Å². The summed E-state index contributed by atoms with van der Waals surface area (Å²) in [4.78, 5) is 23.4. The number of nitrogens with zero attached hydrogens (tertiary/aromatic N) is 5. The topological polar surface area (TPSA) is 113 Å². The molecule has 2 aromatic carbocycles. The number of imidazole rings is 1. The predicted molar refractivity (Wildman–Crippen MR) is 128 cm³/mol. The third-order valence-electron chi connectivity index (χ3n) is 5.56. The normalized spacial score (nSPS) is 11.6. The van der Waals surface area contributed by atoms with Gasteiger partial charge in [-0.1, -0.05) is 24.3 Å². The Labute approximate surface area is 195 Å². The third kappa shape index (κ3) is 3.95. The molecule has 3 heterocycles. The van der Waals surface area contributed by atoms with E-state index in [4.69, 9.17) is 0 Å². The molecule has 0 radical (unpaired) electrons. The van der Waals surface area contributed by atoms with E-state index in [2.05, 4.69) is 20.2 Å². The van der Waals surface area contributed by atoms with Crippen LogP contribution in [0.15, 0.2) is 84.3 Å². The van der Waals surface area contributed by atoms with Crippen LogP contribution in [0.4, 0.5) is 5.69 Å². The van der Waals surface area contributed by atoms with Crippen molar-refractivity contribution in [1.29, 1.82) is 0 Å². The highest BCUT2D eigenvalue weighted by molar-refractivity contribution is 7.90. The number of sulfone groups is 1. The molecule has 0 saturated carbocycles. The van der Waals surface area contributed by atoms with Crippen LogP contribution in [-0.2, 0) is 9.84 Å². The van der Waals surface area contributed by atoms with E-state index in [1.165, 1.54) is 17.0 Å². The summed E-state index contributed by atoms with van der Waals surface area (Å²) < 4.78 is 25.2. The second-order valence-corrected chi connectivity index (χ2v) is 9.84. The molecule has 3 aromatic heterocycles. The Morgan fingerprint density at radius 3 is 2.29 bits per heavy atom. The number of benzene rings is 2. The monoisotopic (exact) mass is 472 g/mol.